The van der Waals surface area contributed by atoms with Crippen LogP contribution < -0.4 is 4.90 Å². The molecular weight excluding hydrogens is 409 g/mol. The van der Waals surface area contributed by atoms with Crippen LogP contribution in [0.3, 0.4) is 0 Å². The highest BCUT2D eigenvalue weighted by molar-refractivity contribution is 6.04. The standard InChI is InChI=1S/C22H29F3N4O2/c23-22(24,25)17-7-1-2-8-18(17)27-15-13-26(14-16-27)10-5-6-12-29-20(30)19-9-3-4-11-28(19)21(29)31/h1-2,7-8,19H,3-6,9-16H2. The first-order chi connectivity index (χ1) is 14.9. The van der Waals surface area contributed by atoms with Gasteiger partial charge >= 0.3 is 12.2 Å². The van der Waals surface area contributed by atoms with Gasteiger partial charge in [-0.2, -0.15) is 13.2 Å². The number of benzene rings is 1. The lowest BCUT2D eigenvalue weighted by atomic mass is 10.0. The van der Waals surface area contributed by atoms with E-state index >= 15 is 0 Å². The molecule has 0 N–H and O–H groups in total. The Morgan fingerprint density at radius 1 is 0.903 bits per heavy atom. The monoisotopic (exact) mass is 438 g/mol. The molecule has 3 aliphatic heterocycles. The van der Waals surface area contributed by atoms with Crippen molar-refractivity contribution in [2.24, 2.45) is 0 Å². The number of piperidine rings is 1. The number of alkyl halides is 3. The lowest BCUT2D eigenvalue weighted by molar-refractivity contribution is -0.137. The normalized spacial score (nSPS) is 22.9. The maximum atomic E-state index is 13.3. The van der Waals surface area contributed by atoms with Crippen LogP contribution in [0, 0.1) is 0 Å². The molecule has 0 spiro atoms. The number of amides is 3. The van der Waals surface area contributed by atoms with E-state index in [4.69, 9.17) is 0 Å². The molecule has 31 heavy (non-hydrogen) atoms. The van der Waals surface area contributed by atoms with E-state index in [2.05, 4.69) is 4.90 Å². The molecule has 1 unspecified atom stereocenters. The molecule has 3 saturated heterocycles. The second kappa shape index (κ2) is 9.06. The molecule has 3 fully saturated rings. The van der Waals surface area contributed by atoms with Gasteiger partial charge in [-0.05, 0) is 50.8 Å². The van der Waals surface area contributed by atoms with E-state index in [1.165, 1.54) is 17.0 Å². The molecule has 0 aromatic heterocycles. The van der Waals surface area contributed by atoms with Crippen LogP contribution in [-0.4, -0.2) is 78.5 Å². The molecule has 0 saturated carbocycles. The minimum absolute atomic E-state index is 0.0540. The summed E-state index contributed by atoms with van der Waals surface area (Å²) in [4.78, 5) is 32.1. The van der Waals surface area contributed by atoms with Gasteiger partial charge in [0.1, 0.15) is 6.04 Å². The summed E-state index contributed by atoms with van der Waals surface area (Å²) < 4.78 is 39.8. The fourth-order valence-electron chi connectivity index (χ4n) is 4.86. The molecule has 0 aliphatic carbocycles. The van der Waals surface area contributed by atoms with Crippen molar-refractivity contribution >= 4 is 17.6 Å². The van der Waals surface area contributed by atoms with E-state index in [9.17, 15) is 22.8 Å². The number of hydrogen-bond acceptors (Lipinski definition) is 4. The zero-order chi connectivity index (χ0) is 22.0. The van der Waals surface area contributed by atoms with E-state index in [0.29, 0.717) is 39.3 Å². The van der Waals surface area contributed by atoms with Gasteiger partial charge in [0.05, 0.1) is 5.56 Å². The zero-order valence-electron chi connectivity index (χ0n) is 17.6. The number of anilines is 1. The molecule has 3 heterocycles. The summed E-state index contributed by atoms with van der Waals surface area (Å²) in [6.45, 7) is 4.43. The lowest BCUT2D eigenvalue weighted by Crippen LogP contribution is -2.47. The summed E-state index contributed by atoms with van der Waals surface area (Å²) in [5.74, 6) is -0.0540. The highest BCUT2D eigenvalue weighted by Gasteiger charge is 2.45. The number of unbranched alkanes of at least 4 members (excludes halogenated alkanes) is 1. The fraction of sp³-hybridized carbons (Fsp3) is 0.636. The predicted octanol–water partition coefficient (Wildman–Crippen LogP) is 3.42. The zero-order valence-corrected chi connectivity index (χ0v) is 17.6. The molecule has 1 atom stereocenters. The maximum absolute atomic E-state index is 13.3. The Morgan fingerprint density at radius 3 is 2.32 bits per heavy atom. The van der Waals surface area contributed by atoms with Gasteiger partial charge in [0.2, 0.25) is 0 Å². The topological polar surface area (TPSA) is 47.1 Å². The van der Waals surface area contributed by atoms with Crippen molar-refractivity contribution in [3.8, 4) is 0 Å². The van der Waals surface area contributed by atoms with Gasteiger partial charge in [-0.15, -0.1) is 0 Å². The molecule has 3 amide bonds. The largest absolute Gasteiger partial charge is 0.418 e. The minimum Gasteiger partial charge on any atom is -0.368 e. The highest BCUT2D eigenvalue weighted by atomic mass is 19.4. The molecular formula is C22H29F3N4O2. The van der Waals surface area contributed by atoms with Gasteiger partial charge < -0.3 is 9.80 Å². The van der Waals surface area contributed by atoms with E-state index in [0.717, 1.165) is 44.7 Å². The Balaban J connectivity index is 1.21. The predicted molar refractivity (Wildman–Crippen MR) is 111 cm³/mol. The first kappa shape index (κ1) is 21.9. The van der Waals surface area contributed by atoms with Crippen LogP contribution in [0.15, 0.2) is 24.3 Å². The van der Waals surface area contributed by atoms with Crippen molar-refractivity contribution in [2.45, 2.75) is 44.3 Å². The molecule has 1 aromatic carbocycles. The van der Waals surface area contributed by atoms with Crippen LogP contribution in [0.25, 0.3) is 0 Å². The number of carbonyl (C=O) groups excluding carboxylic acids is 2. The summed E-state index contributed by atoms with van der Waals surface area (Å²) >= 11 is 0. The molecule has 9 heteroatoms. The Labute approximate surface area is 180 Å². The minimum atomic E-state index is -4.35. The number of piperazine rings is 1. The van der Waals surface area contributed by atoms with Crippen LogP contribution >= 0.6 is 0 Å². The van der Waals surface area contributed by atoms with E-state index < -0.39 is 11.7 Å². The Bertz CT molecular complexity index is 784. The van der Waals surface area contributed by atoms with Gasteiger partial charge in [-0.1, -0.05) is 12.1 Å². The summed E-state index contributed by atoms with van der Waals surface area (Å²) in [6.07, 6.45) is -0.0404. The summed E-state index contributed by atoms with van der Waals surface area (Å²) in [7, 11) is 0. The number of imide groups is 1. The Morgan fingerprint density at radius 2 is 1.61 bits per heavy atom. The first-order valence-electron chi connectivity index (χ1n) is 11.1. The fourth-order valence-corrected chi connectivity index (χ4v) is 4.86. The van der Waals surface area contributed by atoms with Crippen molar-refractivity contribution in [1.29, 1.82) is 0 Å². The van der Waals surface area contributed by atoms with Gasteiger partial charge in [0.15, 0.2) is 0 Å². The summed E-state index contributed by atoms with van der Waals surface area (Å²) in [6, 6.07) is 5.33. The van der Waals surface area contributed by atoms with Gasteiger partial charge in [-0.3, -0.25) is 14.6 Å². The Kier molecular flexibility index (Phi) is 6.41. The lowest BCUT2D eigenvalue weighted by Gasteiger charge is -2.37. The second-order valence-corrected chi connectivity index (χ2v) is 8.53. The average molecular weight is 438 g/mol. The van der Waals surface area contributed by atoms with Crippen LogP contribution in [0.5, 0.6) is 0 Å². The maximum Gasteiger partial charge on any atom is 0.418 e. The quantitative estimate of drug-likeness (QED) is 0.505. The average Bonchev–Trinajstić information content (AvgIpc) is 3.01. The third-order valence-electron chi connectivity index (χ3n) is 6.56. The molecule has 0 bridgehead atoms. The van der Waals surface area contributed by atoms with Crippen molar-refractivity contribution in [1.82, 2.24) is 14.7 Å². The van der Waals surface area contributed by atoms with Crippen molar-refractivity contribution in [2.75, 3.05) is 50.7 Å². The van der Waals surface area contributed by atoms with E-state index in [-0.39, 0.29) is 23.7 Å². The summed E-state index contributed by atoms with van der Waals surface area (Å²) in [5.41, 5.74) is -0.336. The second-order valence-electron chi connectivity index (χ2n) is 8.53. The third kappa shape index (κ3) is 4.66. The summed E-state index contributed by atoms with van der Waals surface area (Å²) in [5, 5.41) is 0. The third-order valence-corrected chi connectivity index (χ3v) is 6.56. The smallest absolute Gasteiger partial charge is 0.368 e. The number of carbonyl (C=O) groups is 2. The first-order valence-corrected chi connectivity index (χ1v) is 11.1. The number of nitrogens with zero attached hydrogens (tertiary/aromatic N) is 4. The van der Waals surface area contributed by atoms with E-state index in [1.54, 1.807) is 15.9 Å². The molecule has 0 radical (unpaired) electrons. The number of hydrogen-bond donors (Lipinski definition) is 0. The number of fused-ring (bicyclic) bond motifs is 1. The van der Waals surface area contributed by atoms with Crippen molar-refractivity contribution < 1.29 is 22.8 Å². The molecule has 6 nitrogen and oxygen atoms in total. The Hall–Kier alpha value is -2.29. The number of rotatable bonds is 6. The van der Waals surface area contributed by atoms with Crippen LogP contribution in [0.4, 0.5) is 23.7 Å². The molecule has 1 aromatic rings. The van der Waals surface area contributed by atoms with Gasteiger partial charge in [-0.25, -0.2) is 4.79 Å². The highest BCUT2D eigenvalue weighted by Crippen LogP contribution is 2.36. The molecule has 3 aliphatic rings. The van der Waals surface area contributed by atoms with Crippen LogP contribution in [0.2, 0.25) is 0 Å². The molecule has 170 valence electrons. The van der Waals surface area contributed by atoms with Gasteiger partial charge in [0.25, 0.3) is 5.91 Å². The SMILES string of the molecule is O=C1C2CCCCN2C(=O)N1CCCCN1CCN(c2ccccc2C(F)(F)F)CC1. The van der Waals surface area contributed by atoms with Crippen LogP contribution in [-0.2, 0) is 11.0 Å². The van der Waals surface area contributed by atoms with Crippen molar-refractivity contribution in [3.05, 3.63) is 29.8 Å². The van der Waals surface area contributed by atoms with Crippen LogP contribution in [0.1, 0.15) is 37.7 Å². The number of urea groups is 1. The number of halogens is 3. The molecule has 4 rings (SSSR count). The van der Waals surface area contributed by atoms with Crippen molar-refractivity contribution in [3.63, 3.8) is 0 Å². The van der Waals surface area contributed by atoms with E-state index in [1.807, 2.05) is 0 Å². The van der Waals surface area contributed by atoms with Gasteiger partial charge in [0, 0.05) is 45.0 Å². The number of para-hydroxylation sites is 1.